The van der Waals surface area contributed by atoms with Crippen molar-refractivity contribution < 1.29 is 14.3 Å². The van der Waals surface area contributed by atoms with E-state index in [2.05, 4.69) is 39.0 Å². The molecule has 0 aliphatic carbocycles. The maximum Gasteiger partial charge on any atom is 0.194 e. The summed E-state index contributed by atoms with van der Waals surface area (Å²) in [5.74, 6) is 1.05. The number of unbranched alkanes of at least 4 members (excludes halogenated alkanes) is 6. The van der Waals surface area contributed by atoms with Crippen LogP contribution in [0.5, 0.6) is 0 Å². The van der Waals surface area contributed by atoms with E-state index in [1.165, 1.54) is 44.1 Å². The summed E-state index contributed by atoms with van der Waals surface area (Å²) in [6, 6.07) is 14.2. The van der Waals surface area contributed by atoms with Crippen molar-refractivity contribution in [3.8, 4) is 0 Å². The third kappa shape index (κ3) is 7.43. The molecule has 1 aliphatic rings. The fraction of sp³-hybridized carbons (Fsp3) is 0.552. The molecule has 1 heterocycles. The lowest BCUT2D eigenvalue weighted by molar-refractivity contribution is -0.155. The fourth-order valence-corrected chi connectivity index (χ4v) is 5.35. The summed E-state index contributed by atoms with van der Waals surface area (Å²) in [6.45, 7) is 8.10. The largest absolute Gasteiger partial charge is 0.352 e. The van der Waals surface area contributed by atoms with Gasteiger partial charge in [0.15, 0.2) is 12.1 Å². The summed E-state index contributed by atoms with van der Waals surface area (Å²) in [4.78, 5) is 14.2. The van der Waals surface area contributed by atoms with Crippen molar-refractivity contribution in [2.24, 2.45) is 0 Å². The van der Waals surface area contributed by atoms with Gasteiger partial charge in [0.2, 0.25) is 0 Å². The molecule has 0 radical (unpaired) electrons. The minimum Gasteiger partial charge on any atom is -0.352 e. The summed E-state index contributed by atoms with van der Waals surface area (Å²) in [5, 5.41) is 0. The van der Waals surface area contributed by atoms with Gasteiger partial charge in [-0.25, -0.2) is 0 Å². The normalized spacial score (nSPS) is 14.1. The molecule has 1 aliphatic heterocycles. The van der Waals surface area contributed by atoms with E-state index in [4.69, 9.17) is 9.47 Å². The number of rotatable bonds is 14. The van der Waals surface area contributed by atoms with Crippen LogP contribution < -0.4 is 0 Å². The second-order valence-corrected chi connectivity index (χ2v) is 10.1. The first-order chi connectivity index (χ1) is 16.2. The Morgan fingerprint density at radius 1 is 0.848 bits per heavy atom. The molecular formula is C29H40O3S. The molecule has 0 aromatic heterocycles. The predicted octanol–water partition coefficient (Wildman–Crippen LogP) is 8.15. The second kappa shape index (κ2) is 13.9. The molecular weight excluding hydrogens is 428 g/mol. The van der Waals surface area contributed by atoms with Crippen LogP contribution in [-0.2, 0) is 15.2 Å². The minimum absolute atomic E-state index is 0.106. The van der Waals surface area contributed by atoms with E-state index in [0.29, 0.717) is 0 Å². The second-order valence-electron chi connectivity index (χ2n) is 9.05. The van der Waals surface area contributed by atoms with Gasteiger partial charge in [-0.1, -0.05) is 89.6 Å². The van der Waals surface area contributed by atoms with E-state index < -0.39 is 0 Å². The summed E-state index contributed by atoms with van der Waals surface area (Å²) >= 11 is 1.75. The molecule has 0 spiro atoms. The Morgan fingerprint density at radius 3 is 2.18 bits per heavy atom. The average molecular weight is 469 g/mol. The molecule has 0 saturated carbocycles. The third-order valence-corrected chi connectivity index (χ3v) is 7.49. The summed E-state index contributed by atoms with van der Waals surface area (Å²) in [5.41, 5.74) is 3.92. The topological polar surface area (TPSA) is 35.5 Å². The van der Waals surface area contributed by atoms with E-state index in [-0.39, 0.29) is 18.0 Å². The van der Waals surface area contributed by atoms with Crippen molar-refractivity contribution in [1.29, 1.82) is 0 Å². The molecule has 0 bridgehead atoms. The monoisotopic (exact) mass is 468 g/mol. The van der Waals surface area contributed by atoms with Gasteiger partial charge in [-0.05, 0) is 36.1 Å². The van der Waals surface area contributed by atoms with Crippen LogP contribution in [0.25, 0.3) is 0 Å². The number of hydrogen-bond donors (Lipinski definition) is 0. The smallest absolute Gasteiger partial charge is 0.194 e. The zero-order chi connectivity index (χ0) is 23.5. The highest BCUT2D eigenvalue weighted by atomic mass is 32.2. The Kier molecular flexibility index (Phi) is 11.0. The van der Waals surface area contributed by atoms with Crippen LogP contribution in [0.15, 0.2) is 47.4 Å². The molecule has 0 fully saturated rings. The molecule has 1 unspecified atom stereocenters. The van der Waals surface area contributed by atoms with Crippen molar-refractivity contribution in [2.45, 2.75) is 95.0 Å². The first kappa shape index (κ1) is 26.0. The van der Waals surface area contributed by atoms with E-state index in [1.54, 1.807) is 11.8 Å². The zero-order valence-electron chi connectivity index (χ0n) is 20.6. The van der Waals surface area contributed by atoms with Crippen LogP contribution in [0.3, 0.4) is 0 Å². The summed E-state index contributed by atoms with van der Waals surface area (Å²) in [6.07, 6.45) is 9.24. The van der Waals surface area contributed by atoms with Crippen molar-refractivity contribution in [3.63, 3.8) is 0 Å². The van der Waals surface area contributed by atoms with Crippen LogP contribution >= 0.6 is 11.8 Å². The van der Waals surface area contributed by atoms with E-state index >= 15 is 0 Å². The summed E-state index contributed by atoms with van der Waals surface area (Å²) in [7, 11) is 0. The molecule has 3 rings (SSSR count). The maximum atomic E-state index is 13.1. The summed E-state index contributed by atoms with van der Waals surface area (Å²) < 4.78 is 12.5. The molecule has 3 nitrogen and oxygen atoms in total. The molecule has 4 heteroatoms. The molecule has 0 N–H and O–H groups in total. The van der Waals surface area contributed by atoms with Gasteiger partial charge in [-0.2, -0.15) is 0 Å². The lowest BCUT2D eigenvalue weighted by atomic mass is 9.95. The average Bonchev–Trinajstić information content (AvgIpc) is 2.98. The van der Waals surface area contributed by atoms with Crippen LogP contribution in [0, 0.1) is 0 Å². The molecule has 180 valence electrons. The van der Waals surface area contributed by atoms with Gasteiger partial charge in [0.05, 0.1) is 0 Å². The fourth-order valence-electron chi connectivity index (χ4n) is 4.25. The zero-order valence-corrected chi connectivity index (χ0v) is 21.4. The van der Waals surface area contributed by atoms with Gasteiger partial charge in [0.25, 0.3) is 0 Å². The van der Waals surface area contributed by atoms with Crippen LogP contribution in [0.1, 0.15) is 105 Å². The molecule has 1 atom stereocenters. The van der Waals surface area contributed by atoms with Crippen molar-refractivity contribution in [2.75, 3.05) is 13.2 Å². The third-order valence-electron chi connectivity index (χ3n) is 6.39. The van der Waals surface area contributed by atoms with Gasteiger partial charge in [-0.3, -0.25) is 4.79 Å². The molecule has 2 aromatic carbocycles. The Bertz CT molecular complexity index is 865. The number of carbonyl (C=O) groups is 1. The molecule has 2 aromatic rings. The predicted molar refractivity (Wildman–Crippen MR) is 138 cm³/mol. The molecule has 33 heavy (non-hydrogen) atoms. The minimum atomic E-state index is -0.255. The Labute approximate surface area is 204 Å². The van der Waals surface area contributed by atoms with Crippen molar-refractivity contribution in [1.82, 2.24) is 0 Å². The van der Waals surface area contributed by atoms with E-state index in [9.17, 15) is 4.79 Å². The first-order valence-electron chi connectivity index (χ1n) is 12.8. The first-order valence-corrected chi connectivity index (χ1v) is 13.8. The molecule has 0 saturated heterocycles. The number of ketones is 1. The Hall–Kier alpha value is -1.62. The van der Waals surface area contributed by atoms with Gasteiger partial charge in [-0.15, -0.1) is 11.8 Å². The number of benzene rings is 2. The van der Waals surface area contributed by atoms with Crippen LogP contribution in [0.4, 0.5) is 0 Å². The lowest BCUT2D eigenvalue weighted by Crippen LogP contribution is -2.25. The van der Waals surface area contributed by atoms with Crippen molar-refractivity contribution >= 4 is 17.5 Å². The van der Waals surface area contributed by atoms with Gasteiger partial charge in [0, 0.05) is 40.9 Å². The van der Waals surface area contributed by atoms with Crippen LogP contribution in [-0.4, -0.2) is 25.3 Å². The Morgan fingerprint density at radius 2 is 1.52 bits per heavy atom. The standard InChI is InChI=1S/C29H40O3S/c1-4-6-8-12-18-31-29(32-19-13-9-7-5-2)22(3)23-16-17-26-27(20-23)33-21-24-14-10-11-15-25(24)28(26)30/h10-11,14-17,20,22,29H,4-9,12-13,18-19,21H2,1-3H3. The quantitative estimate of drug-likeness (QED) is 0.207. The van der Waals surface area contributed by atoms with E-state index in [1.807, 2.05) is 24.3 Å². The van der Waals surface area contributed by atoms with Crippen molar-refractivity contribution in [3.05, 3.63) is 64.7 Å². The van der Waals surface area contributed by atoms with E-state index in [0.717, 1.165) is 53.4 Å². The van der Waals surface area contributed by atoms with Gasteiger partial charge >= 0.3 is 0 Å². The molecule has 0 amide bonds. The number of carbonyl (C=O) groups excluding carboxylic acids is 1. The highest BCUT2D eigenvalue weighted by Crippen LogP contribution is 2.36. The highest BCUT2D eigenvalue weighted by Gasteiger charge is 2.25. The van der Waals surface area contributed by atoms with Gasteiger partial charge in [0.1, 0.15) is 0 Å². The SMILES string of the molecule is CCCCCCOC(OCCCCCC)C(C)c1ccc2c(c1)SCc1ccccc1C2=O. The number of fused-ring (bicyclic) bond motifs is 2. The lowest BCUT2D eigenvalue weighted by Gasteiger charge is -2.26. The highest BCUT2D eigenvalue weighted by molar-refractivity contribution is 7.98. The number of thioether (sulfide) groups is 1. The Balaban J connectivity index is 1.70. The number of hydrogen-bond acceptors (Lipinski definition) is 4. The maximum absolute atomic E-state index is 13.1. The number of ether oxygens (including phenoxy) is 2. The van der Waals surface area contributed by atoms with Gasteiger partial charge < -0.3 is 9.47 Å². The van der Waals surface area contributed by atoms with Crippen LogP contribution in [0.2, 0.25) is 0 Å².